The average Bonchev–Trinajstić information content (AvgIpc) is 2.98. The first kappa shape index (κ1) is 9.66. The van der Waals surface area contributed by atoms with Crippen molar-refractivity contribution in [3.63, 3.8) is 0 Å². The Bertz CT molecular complexity index is 318. The first-order valence-corrected chi connectivity index (χ1v) is 5.29. The standard InChI is InChI=1S/C12H16FN/c13-12-8-9(2-1-7-14)3-6-11(12)10-4-5-10/h3,6,8,10H,1-2,4-5,7,14H2. The van der Waals surface area contributed by atoms with Crippen molar-refractivity contribution in [2.75, 3.05) is 6.54 Å². The molecule has 2 N–H and O–H groups in total. The summed E-state index contributed by atoms with van der Waals surface area (Å²) in [5.74, 6) is 0.473. The van der Waals surface area contributed by atoms with Gasteiger partial charge in [-0.25, -0.2) is 4.39 Å². The summed E-state index contributed by atoms with van der Waals surface area (Å²) >= 11 is 0. The molecule has 2 rings (SSSR count). The van der Waals surface area contributed by atoms with Crippen LogP contribution in [0.4, 0.5) is 4.39 Å². The summed E-state index contributed by atoms with van der Waals surface area (Å²) < 4.78 is 13.5. The molecule has 1 aromatic carbocycles. The fourth-order valence-corrected chi connectivity index (χ4v) is 1.76. The van der Waals surface area contributed by atoms with Crippen LogP contribution in [0.3, 0.4) is 0 Å². The van der Waals surface area contributed by atoms with Crippen LogP contribution in [0.2, 0.25) is 0 Å². The van der Waals surface area contributed by atoms with Crippen LogP contribution < -0.4 is 5.73 Å². The Labute approximate surface area is 84.1 Å². The molecule has 0 atom stereocenters. The van der Waals surface area contributed by atoms with Gasteiger partial charge >= 0.3 is 0 Å². The molecule has 0 spiro atoms. The van der Waals surface area contributed by atoms with Crippen LogP contribution >= 0.6 is 0 Å². The molecule has 0 unspecified atom stereocenters. The van der Waals surface area contributed by atoms with Gasteiger partial charge in [0.2, 0.25) is 0 Å². The molecular weight excluding hydrogens is 177 g/mol. The third-order valence-corrected chi connectivity index (χ3v) is 2.75. The maximum atomic E-state index is 13.5. The van der Waals surface area contributed by atoms with E-state index in [-0.39, 0.29) is 5.82 Å². The molecule has 0 aromatic heterocycles. The van der Waals surface area contributed by atoms with Crippen molar-refractivity contribution < 1.29 is 4.39 Å². The van der Waals surface area contributed by atoms with E-state index >= 15 is 0 Å². The molecule has 0 saturated heterocycles. The van der Waals surface area contributed by atoms with E-state index in [9.17, 15) is 4.39 Å². The van der Waals surface area contributed by atoms with Gasteiger partial charge in [0, 0.05) is 0 Å². The van der Waals surface area contributed by atoms with Crippen LogP contribution in [0.25, 0.3) is 0 Å². The minimum Gasteiger partial charge on any atom is -0.330 e. The number of hydrogen-bond acceptors (Lipinski definition) is 1. The second-order valence-electron chi connectivity index (χ2n) is 4.02. The number of aryl methyl sites for hydroxylation is 1. The summed E-state index contributed by atoms with van der Waals surface area (Å²) in [6.45, 7) is 0.673. The van der Waals surface area contributed by atoms with E-state index in [0.29, 0.717) is 12.5 Å². The van der Waals surface area contributed by atoms with Gasteiger partial charge in [-0.15, -0.1) is 0 Å². The zero-order chi connectivity index (χ0) is 9.97. The second-order valence-corrected chi connectivity index (χ2v) is 4.02. The Kier molecular flexibility index (Phi) is 2.82. The average molecular weight is 193 g/mol. The highest BCUT2D eigenvalue weighted by molar-refractivity contribution is 5.29. The molecule has 76 valence electrons. The van der Waals surface area contributed by atoms with E-state index < -0.39 is 0 Å². The molecule has 0 heterocycles. The summed E-state index contributed by atoms with van der Waals surface area (Å²) in [5, 5.41) is 0. The van der Waals surface area contributed by atoms with Gasteiger partial charge in [-0.05, 0) is 55.3 Å². The largest absolute Gasteiger partial charge is 0.330 e. The van der Waals surface area contributed by atoms with Gasteiger partial charge in [0.15, 0.2) is 0 Å². The summed E-state index contributed by atoms with van der Waals surface area (Å²) in [6.07, 6.45) is 4.12. The van der Waals surface area contributed by atoms with E-state index in [1.54, 1.807) is 6.07 Å². The van der Waals surface area contributed by atoms with Crippen LogP contribution in [-0.4, -0.2) is 6.54 Å². The van der Waals surface area contributed by atoms with E-state index in [4.69, 9.17) is 5.73 Å². The lowest BCUT2D eigenvalue weighted by molar-refractivity contribution is 0.607. The normalized spacial score (nSPS) is 15.9. The lowest BCUT2D eigenvalue weighted by atomic mass is 10.0. The highest BCUT2D eigenvalue weighted by Gasteiger charge is 2.26. The SMILES string of the molecule is NCCCc1ccc(C2CC2)c(F)c1. The molecule has 0 radical (unpaired) electrons. The van der Waals surface area contributed by atoms with Gasteiger partial charge in [0.05, 0.1) is 0 Å². The predicted octanol–water partition coefficient (Wildman–Crippen LogP) is 2.59. The summed E-state index contributed by atoms with van der Waals surface area (Å²) in [6, 6.07) is 5.65. The molecule has 1 saturated carbocycles. The van der Waals surface area contributed by atoms with Crippen molar-refractivity contribution in [2.45, 2.75) is 31.6 Å². The van der Waals surface area contributed by atoms with Gasteiger partial charge in [-0.1, -0.05) is 12.1 Å². The third-order valence-electron chi connectivity index (χ3n) is 2.75. The van der Waals surface area contributed by atoms with Crippen LogP contribution in [0.15, 0.2) is 18.2 Å². The van der Waals surface area contributed by atoms with E-state index in [1.807, 2.05) is 12.1 Å². The van der Waals surface area contributed by atoms with Crippen molar-refractivity contribution in [2.24, 2.45) is 5.73 Å². The lowest BCUT2D eigenvalue weighted by Gasteiger charge is -2.04. The van der Waals surface area contributed by atoms with Crippen molar-refractivity contribution in [1.29, 1.82) is 0 Å². The van der Waals surface area contributed by atoms with Gasteiger partial charge < -0.3 is 5.73 Å². The van der Waals surface area contributed by atoms with Crippen LogP contribution in [0, 0.1) is 5.82 Å². The van der Waals surface area contributed by atoms with E-state index in [0.717, 1.165) is 36.8 Å². The summed E-state index contributed by atoms with van der Waals surface area (Å²) in [4.78, 5) is 0. The van der Waals surface area contributed by atoms with Crippen LogP contribution in [0.5, 0.6) is 0 Å². The first-order chi connectivity index (χ1) is 6.81. The molecule has 1 aromatic rings. The number of benzene rings is 1. The maximum Gasteiger partial charge on any atom is 0.126 e. The molecule has 1 nitrogen and oxygen atoms in total. The first-order valence-electron chi connectivity index (χ1n) is 5.29. The van der Waals surface area contributed by atoms with Crippen LogP contribution in [0.1, 0.15) is 36.3 Å². The Morgan fingerprint density at radius 3 is 2.71 bits per heavy atom. The molecule has 2 heteroatoms. The quantitative estimate of drug-likeness (QED) is 0.781. The number of rotatable bonds is 4. The Balaban J connectivity index is 2.09. The smallest absolute Gasteiger partial charge is 0.126 e. The predicted molar refractivity (Wildman–Crippen MR) is 55.8 cm³/mol. The number of nitrogens with two attached hydrogens (primary N) is 1. The van der Waals surface area contributed by atoms with Crippen molar-refractivity contribution in [3.8, 4) is 0 Å². The molecule has 1 aliphatic rings. The Morgan fingerprint density at radius 2 is 2.14 bits per heavy atom. The second kappa shape index (κ2) is 4.09. The highest BCUT2D eigenvalue weighted by atomic mass is 19.1. The van der Waals surface area contributed by atoms with Gasteiger partial charge in [0.1, 0.15) is 5.82 Å². The maximum absolute atomic E-state index is 13.5. The van der Waals surface area contributed by atoms with Gasteiger partial charge in [-0.3, -0.25) is 0 Å². The molecule has 0 bridgehead atoms. The molecule has 0 amide bonds. The summed E-state index contributed by atoms with van der Waals surface area (Å²) in [7, 11) is 0. The fraction of sp³-hybridized carbons (Fsp3) is 0.500. The zero-order valence-corrected chi connectivity index (χ0v) is 8.30. The van der Waals surface area contributed by atoms with Crippen molar-refractivity contribution >= 4 is 0 Å². The molecule has 0 aliphatic heterocycles. The third kappa shape index (κ3) is 2.13. The van der Waals surface area contributed by atoms with Crippen molar-refractivity contribution in [3.05, 3.63) is 35.1 Å². The number of halogens is 1. The molecule has 14 heavy (non-hydrogen) atoms. The van der Waals surface area contributed by atoms with E-state index in [2.05, 4.69) is 0 Å². The molecular formula is C12H16FN. The number of hydrogen-bond donors (Lipinski definition) is 1. The minimum atomic E-state index is -0.0259. The van der Waals surface area contributed by atoms with Gasteiger partial charge in [0.25, 0.3) is 0 Å². The topological polar surface area (TPSA) is 26.0 Å². The lowest BCUT2D eigenvalue weighted by Crippen LogP contribution is -2.01. The van der Waals surface area contributed by atoms with Crippen LogP contribution in [-0.2, 0) is 6.42 Å². The Morgan fingerprint density at radius 1 is 1.36 bits per heavy atom. The van der Waals surface area contributed by atoms with Gasteiger partial charge in [-0.2, -0.15) is 0 Å². The fourth-order valence-electron chi connectivity index (χ4n) is 1.76. The minimum absolute atomic E-state index is 0.0259. The highest BCUT2D eigenvalue weighted by Crippen LogP contribution is 2.41. The molecule has 1 fully saturated rings. The molecule has 1 aliphatic carbocycles. The van der Waals surface area contributed by atoms with Crippen molar-refractivity contribution in [1.82, 2.24) is 0 Å². The summed E-state index contributed by atoms with van der Waals surface area (Å²) in [5.41, 5.74) is 7.38. The monoisotopic (exact) mass is 193 g/mol. The zero-order valence-electron chi connectivity index (χ0n) is 8.30. The van der Waals surface area contributed by atoms with E-state index in [1.165, 1.54) is 0 Å². The Hall–Kier alpha value is -0.890.